The molecule has 0 aliphatic heterocycles. The molecule has 0 atom stereocenters. The first-order valence-electron chi connectivity index (χ1n) is 6.69. The molecular formula is C15H22O4. The molecule has 0 saturated carbocycles. The van der Waals surface area contributed by atoms with E-state index in [0.29, 0.717) is 24.5 Å². The number of para-hydroxylation sites is 1. The van der Waals surface area contributed by atoms with Crippen molar-refractivity contribution < 1.29 is 19.4 Å². The van der Waals surface area contributed by atoms with Crippen molar-refractivity contribution in [3.63, 3.8) is 0 Å². The molecule has 0 aliphatic carbocycles. The number of hydrogen-bond donors (Lipinski definition) is 1. The number of ether oxygens (including phenoxy) is 2. The maximum atomic E-state index is 10.7. The lowest BCUT2D eigenvalue weighted by Crippen LogP contribution is -2.04. The molecule has 0 spiro atoms. The number of methoxy groups -OCH3 is 1. The molecule has 1 aromatic carbocycles. The second-order valence-corrected chi connectivity index (χ2v) is 4.40. The molecule has 1 aromatic rings. The number of carbonyl (C=O) groups is 1. The predicted molar refractivity (Wildman–Crippen MR) is 74.0 cm³/mol. The standard InChI is InChI=1S/C15H22O4/c1-3-4-5-11-19-15-12(9-10-14(16)17)7-6-8-13(15)18-2/h6-8H,3-5,9-11H2,1-2H3,(H,16,17). The number of aliphatic carboxylic acids is 1. The van der Waals surface area contributed by atoms with Crippen LogP contribution in [0.5, 0.6) is 11.5 Å². The summed E-state index contributed by atoms with van der Waals surface area (Å²) in [7, 11) is 1.59. The summed E-state index contributed by atoms with van der Waals surface area (Å²) in [5.41, 5.74) is 0.887. The Morgan fingerprint density at radius 1 is 1.32 bits per heavy atom. The molecule has 4 heteroatoms. The molecule has 1 N–H and O–H groups in total. The molecule has 0 unspecified atom stereocenters. The minimum absolute atomic E-state index is 0.0957. The fourth-order valence-corrected chi connectivity index (χ4v) is 1.85. The minimum atomic E-state index is -0.806. The summed E-state index contributed by atoms with van der Waals surface area (Å²) in [6.45, 7) is 2.77. The number of unbranched alkanes of at least 4 members (excludes halogenated alkanes) is 2. The lowest BCUT2D eigenvalue weighted by atomic mass is 10.1. The SMILES string of the molecule is CCCCCOc1c(CCC(=O)O)cccc1OC. The van der Waals surface area contributed by atoms with Gasteiger partial charge in [-0.05, 0) is 24.5 Å². The van der Waals surface area contributed by atoms with Gasteiger partial charge in [0.05, 0.1) is 13.7 Å². The first-order valence-corrected chi connectivity index (χ1v) is 6.69. The van der Waals surface area contributed by atoms with Crippen LogP contribution in [0.4, 0.5) is 0 Å². The Balaban J connectivity index is 2.74. The number of rotatable bonds is 9. The van der Waals surface area contributed by atoms with Crippen LogP contribution in [0.1, 0.15) is 38.2 Å². The van der Waals surface area contributed by atoms with Crippen molar-refractivity contribution in [3.8, 4) is 11.5 Å². The van der Waals surface area contributed by atoms with Crippen molar-refractivity contribution >= 4 is 5.97 Å². The third-order valence-corrected chi connectivity index (χ3v) is 2.88. The zero-order valence-corrected chi connectivity index (χ0v) is 11.6. The summed E-state index contributed by atoms with van der Waals surface area (Å²) in [6.07, 6.45) is 3.81. The molecule has 106 valence electrons. The average molecular weight is 266 g/mol. The van der Waals surface area contributed by atoms with Crippen molar-refractivity contribution in [1.29, 1.82) is 0 Å². The maximum absolute atomic E-state index is 10.7. The van der Waals surface area contributed by atoms with E-state index in [1.807, 2.05) is 18.2 Å². The molecule has 0 heterocycles. The van der Waals surface area contributed by atoms with Gasteiger partial charge in [-0.3, -0.25) is 4.79 Å². The van der Waals surface area contributed by atoms with Gasteiger partial charge in [0.15, 0.2) is 11.5 Å². The molecule has 4 nitrogen and oxygen atoms in total. The average Bonchev–Trinajstić information content (AvgIpc) is 2.41. The Kier molecular flexibility index (Phi) is 6.79. The zero-order chi connectivity index (χ0) is 14.1. The van der Waals surface area contributed by atoms with E-state index >= 15 is 0 Å². The van der Waals surface area contributed by atoms with Crippen LogP contribution in [0.3, 0.4) is 0 Å². The summed E-state index contributed by atoms with van der Waals surface area (Å²) in [6, 6.07) is 5.58. The van der Waals surface area contributed by atoms with Gasteiger partial charge in [-0.1, -0.05) is 31.9 Å². The van der Waals surface area contributed by atoms with Crippen LogP contribution in [0.15, 0.2) is 18.2 Å². The molecule has 19 heavy (non-hydrogen) atoms. The van der Waals surface area contributed by atoms with Gasteiger partial charge in [-0.25, -0.2) is 0 Å². The highest BCUT2D eigenvalue weighted by atomic mass is 16.5. The lowest BCUT2D eigenvalue weighted by Gasteiger charge is -2.14. The Labute approximate surface area is 114 Å². The highest BCUT2D eigenvalue weighted by Gasteiger charge is 2.11. The third kappa shape index (κ3) is 5.20. The molecule has 0 fully saturated rings. The second kappa shape index (κ2) is 8.40. The Bertz CT molecular complexity index is 401. The van der Waals surface area contributed by atoms with Crippen molar-refractivity contribution in [1.82, 2.24) is 0 Å². The molecule has 0 aromatic heterocycles. The van der Waals surface area contributed by atoms with Crippen LogP contribution in [0.2, 0.25) is 0 Å². The van der Waals surface area contributed by atoms with Crippen LogP contribution in [0, 0.1) is 0 Å². The normalized spacial score (nSPS) is 10.2. The smallest absolute Gasteiger partial charge is 0.303 e. The molecule has 0 saturated heterocycles. The summed E-state index contributed by atoms with van der Waals surface area (Å²) in [5.74, 6) is 0.543. The topological polar surface area (TPSA) is 55.8 Å². The molecule has 0 amide bonds. The van der Waals surface area contributed by atoms with Gasteiger partial charge in [0.2, 0.25) is 0 Å². The fraction of sp³-hybridized carbons (Fsp3) is 0.533. The molecule has 0 radical (unpaired) electrons. The fourth-order valence-electron chi connectivity index (χ4n) is 1.85. The summed E-state index contributed by atoms with van der Waals surface area (Å²) in [5, 5.41) is 8.77. The van der Waals surface area contributed by atoms with Crippen LogP contribution in [-0.2, 0) is 11.2 Å². The van der Waals surface area contributed by atoms with Crippen LogP contribution >= 0.6 is 0 Å². The third-order valence-electron chi connectivity index (χ3n) is 2.88. The Morgan fingerprint density at radius 2 is 2.11 bits per heavy atom. The van der Waals surface area contributed by atoms with Crippen molar-refractivity contribution in [2.75, 3.05) is 13.7 Å². The van der Waals surface area contributed by atoms with Crippen molar-refractivity contribution in [2.24, 2.45) is 0 Å². The zero-order valence-electron chi connectivity index (χ0n) is 11.6. The lowest BCUT2D eigenvalue weighted by molar-refractivity contribution is -0.136. The quantitative estimate of drug-likeness (QED) is 0.697. The highest BCUT2D eigenvalue weighted by molar-refractivity contribution is 5.67. The number of benzene rings is 1. The van der Waals surface area contributed by atoms with Gasteiger partial charge >= 0.3 is 5.97 Å². The van der Waals surface area contributed by atoms with Gasteiger partial charge in [0, 0.05) is 6.42 Å². The monoisotopic (exact) mass is 266 g/mol. The molecular weight excluding hydrogens is 244 g/mol. The van der Waals surface area contributed by atoms with E-state index in [-0.39, 0.29) is 6.42 Å². The van der Waals surface area contributed by atoms with Gasteiger partial charge in [0.1, 0.15) is 0 Å². The van der Waals surface area contributed by atoms with E-state index < -0.39 is 5.97 Å². The maximum Gasteiger partial charge on any atom is 0.303 e. The van der Waals surface area contributed by atoms with Gasteiger partial charge in [-0.15, -0.1) is 0 Å². The first kappa shape index (κ1) is 15.3. The van der Waals surface area contributed by atoms with Crippen molar-refractivity contribution in [3.05, 3.63) is 23.8 Å². The van der Waals surface area contributed by atoms with E-state index in [0.717, 1.165) is 24.8 Å². The number of hydrogen-bond acceptors (Lipinski definition) is 3. The van der Waals surface area contributed by atoms with Gasteiger partial charge in [0.25, 0.3) is 0 Å². The summed E-state index contributed by atoms with van der Waals surface area (Å²) in [4.78, 5) is 10.7. The van der Waals surface area contributed by atoms with E-state index in [2.05, 4.69) is 6.92 Å². The summed E-state index contributed by atoms with van der Waals surface area (Å²) >= 11 is 0. The molecule has 0 aliphatic rings. The first-order chi connectivity index (χ1) is 9.19. The van der Waals surface area contributed by atoms with E-state index in [1.54, 1.807) is 7.11 Å². The second-order valence-electron chi connectivity index (χ2n) is 4.40. The van der Waals surface area contributed by atoms with Crippen LogP contribution < -0.4 is 9.47 Å². The van der Waals surface area contributed by atoms with Gasteiger partial charge < -0.3 is 14.6 Å². The number of carboxylic acids is 1. The molecule has 0 bridgehead atoms. The largest absolute Gasteiger partial charge is 0.493 e. The number of carboxylic acid groups (broad SMARTS) is 1. The Morgan fingerprint density at radius 3 is 2.74 bits per heavy atom. The van der Waals surface area contributed by atoms with Crippen LogP contribution in [-0.4, -0.2) is 24.8 Å². The van der Waals surface area contributed by atoms with E-state index in [4.69, 9.17) is 14.6 Å². The highest BCUT2D eigenvalue weighted by Crippen LogP contribution is 2.32. The number of aryl methyl sites for hydroxylation is 1. The minimum Gasteiger partial charge on any atom is -0.493 e. The predicted octanol–water partition coefficient (Wildman–Crippen LogP) is 3.28. The van der Waals surface area contributed by atoms with Crippen LogP contribution in [0.25, 0.3) is 0 Å². The van der Waals surface area contributed by atoms with E-state index in [1.165, 1.54) is 0 Å². The Hall–Kier alpha value is -1.71. The summed E-state index contributed by atoms with van der Waals surface area (Å²) < 4.78 is 11.1. The van der Waals surface area contributed by atoms with E-state index in [9.17, 15) is 4.79 Å². The molecule has 1 rings (SSSR count). The van der Waals surface area contributed by atoms with Crippen molar-refractivity contribution in [2.45, 2.75) is 39.0 Å². The van der Waals surface area contributed by atoms with Gasteiger partial charge in [-0.2, -0.15) is 0 Å².